The van der Waals surface area contributed by atoms with Crippen molar-refractivity contribution < 1.29 is 13.5 Å². The van der Waals surface area contributed by atoms with E-state index in [0.29, 0.717) is 30.3 Å². The number of piperazine rings is 1. The maximum absolute atomic E-state index is 12.7. The van der Waals surface area contributed by atoms with Crippen LogP contribution in [0.2, 0.25) is 0 Å². The van der Waals surface area contributed by atoms with E-state index in [9.17, 15) is 13.5 Å². The van der Waals surface area contributed by atoms with Crippen LogP contribution >= 0.6 is 0 Å². The molecule has 2 rings (SSSR count). The average molecular weight is 326 g/mol. The van der Waals surface area contributed by atoms with Gasteiger partial charge in [0.2, 0.25) is 10.0 Å². The van der Waals surface area contributed by atoms with Crippen molar-refractivity contribution >= 4 is 10.0 Å². The van der Waals surface area contributed by atoms with Gasteiger partial charge in [-0.2, -0.15) is 4.31 Å². The minimum atomic E-state index is -3.44. The van der Waals surface area contributed by atoms with E-state index in [1.54, 1.807) is 28.6 Å². The Bertz CT molecular complexity index is 560. The van der Waals surface area contributed by atoms with Gasteiger partial charge in [-0.15, -0.1) is 0 Å². The van der Waals surface area contributed by atoms with Gasteiger partial charge in [0, 0.05) is 38.8 Å². The third-order valence-electron chi connectivity index (χ3n) is 4.01. The van der Waals surface area contributed by atoms with Gasteiger partial charge in [0.15, 0.2) is 0 Å². The number of sulfonamides is 1. The van der Waals surface area contributed by atoms with Crippen LogP contribution in [-0.4, -0.2) is 61.6 Å². The van der Waals surface area contributed by atoms with Gasteiger partial charge in [-0.05, 0) is 24.5 Å². The summed E-state index contributed by atoms with van der Waals surface area (Å²) in [5.41, 5.74) is 0. The lowest BCUT2D eigenvalue weighted by Gasteiger charge is -2.41. The third kappa shape index (κ3) is 4.07. The molecule has 1 aromatic carbocycles. The molecule has 1 heterocycles. The maximum Gasteiger partial charge on any atom is 0.243 e. The summed E-state index contributed by atoms with van der Waals surface area (Å²) >= 11 is 0. The number of nitrogens with zero attached hydrogens (tertiary/aromatic N) is 2. The van der Waals surface area contributed by atoms with Gasteiger partial charge >= 0.3 is 0 Å². The molecule has 1 N–H and O–H groups in total. The van der Waals surface area contributed by atoms with Crippen molar-refractivity contribution in [3.05, 3.63) is 30.3 Å². The van der Waals surface area contributed by atoms with Crippen LogP contribution in [0.1, 0.15) is 20.3 Å². The highest BCUT2D eigenvalue weighted by molar-refractivity contribution is 7.89. The highest BCUT2D eigenvalue weighted by Gasteiger charge is 2.33. The largest absolute Gasteiger partial charge is 0.396 e. The van der Waals surface area contributed by atoms with E-state index in [-0.39, 0.29) is 12.6 Å². The molecule has 0 saturated carbocycles. The predicted octanol–water partition coefficient (Wildman–Crippen LogP) is 1.40. The van der Waals surface area contributed by atoms with Crippen LogP contribution in [0, 0.1) is 5.92 Å². The van der Waals surface area contributed by atoms with Crippen LogP contribution in [0.15, 0.2) is 35.2 Å². The van der Waals surface area contributed by atoms with Gasteiger partial charge in [0.1, 0.15) is 0 Å². The summed E-state index contributed by atoms with van der Waals surface area (Å²) in [7, 11) is -3.44. The molecule has 0 aromatic heterocycles. The minimum Gasteiger partial charge on any atom is -0.396 e. The SMILES string of the molecule is CC(C)CN1CCN(S(=O)(=O)c2ccccc2)C[C@@H]1CCO. The van der Waals surface area contributed by atoms with E-state index in [2.05, 4.69) is 18.7 Å². The minimum absolute atomic E-state index is 0.0818. The number of hydrogen-bond donors (Lipinski definition) is 1. The highest BCUT2D eigenvalue weighted by atomic mass is 32.2. The van der Waals surface area contributed by atoms with Gasteiger partial charge in [-0.3, -0.25) is 4.90 Å². The molecule has 1 aliphatic rings. The number of aliphatic hydroxyl groups is 1. The zero-order valence-corrected chi connectivity index (χ0v) is 14.2. The lowest BCUT2D eigenvalue weighted by atomic mass is 10.1. The van der Waals surface area contributed by atoms with Crippen molar-refractivity contribution in [1.82, 2.24) is 9.21 Å². The molecule has 0 amide bonds. The first-order valence-electron chi connectivity index (χ1n) is 7.85. The molecule has 1 saturated heterocycles. The second kappa shape index (κ2) is 7.55. The lowest BCUT2D eigenvalue weighted by Crippen LogP contribution is -2.55. The predicted molar refractivity (Wildman–Crippen MR) is 87.1 cm³/mol. The summed E-state index contributed by atoms with van der Waals surface area (Å²) in [6.07, 6.45) is 0.605. The third-order valence-corrected chi connectivity index (χ3v) is 5.89. The Hall–Kier alpha value is -0.950. The second-order valence-electron chi connectivity index (χ2n) is 6.23. The van der Waals surface area contributed by atoms with E-state index in [0.717, 1.165) is 13.1 Å². The first kappa shape index (κ1) is 17.4. The van der Waals surface area contributed by atoms with Crippen LogP contribution in [0.25, 0.3) is 0 Å². The van der Waals surface area contributed by atoms with Crippen LogP contribution in [0.3, 0.4) is 0 Å². The van der Waals surface area contributed by atoms with E-state index in [1.165, 1.54) is 0 Å². The highest BCUT2D eigenvalue weighted by Crippen LogP contribution is 2.21. The summed E-state index contributed by atoms with van der Waals surface area (Å²) in [4.78, 5) is 2.65. The summed E-state index contributed by atoms with van der Waals surface area (Å²) in [6, 6.07) is 8.65. The number of benzene rings is 1. The molecule has 0 spiro atoms. The molecule has 1 aliphatic heterocycles. The summed E-state index contributed by atoms with van der Waals surface area (Å²) in [6.45, 7) is 7.00. The molecule has 0 unspecified atom stereocenters. The summed E-state index contributed by atoms with van der Waals surface area (Å²) in [5, 5.41) is 9.28. The molecule has 1 fully saturated rings. The number of aliphatic hydroxyl groups excluding tert-OH is 1. The molecule has 0 radical (unpaired) electrons. The topological polar surface area (TPSA) is 60.9 Å². The number of hydrogen-bond acceptors (Lipinski definition) is 4. The normalized spacial score (nSPS) is 21.4. The monoisotopic (exact) mass is 326 g/mol. The van der Waals surface area contributed by atoms with Crippen LogP contribution < -0.4 is 0 Å². The van der Waals surface area contributed by atoms with Gasteiger partial charge in [-0.1, -0.05) is 32.0 Å². The van der Waals surface area contributed by atoms with Crippen molar-refractivity contribution in [1.29, 1.82) is 0 Å². The molecular formula is C16H26N2O3S. The van der Waals surface area contributed by atoms with Crippen LogP contribution in [-0.2, 0) is 10.0 Å². The van der Waals surface area contributed by atoms with Gasteiger partial charge in [-0.25, -0.2) is 8.42 Å². The van der Waals surface area contributed by atoms with Crippen molar-refractivity contribution in [2.75, 3.05) is 32.8 Å². The summed E-state index contributed by atoms with van der Waals surface area (Å²) in [5.74, 6) is 0.526. The fourth-order valence-electron chi connectivity index (χ4n) is 2.96. The molecule has 5 nitrogen and oxygen atoms in total. The van der Waals surface area contributed by atoms with E-state index in [4.69, 9.17) is 0 Å². The first-order chi connectivity index (χ1) is 10.4. The Balaban J connectivity index is 2.14. The van der Waals surface area contributed by atoms with Crippen molar-refractivity contribution in [3.8, 4) is 0 Å². The molecule has 22 heavy (non-hydrogen) atoms. The standard InChI is InChI=1S/C16H26N2O3S/c1-14(2)12-17-9-10-18(13-15(17)8-11-19)22(20,21)16-6-4-3-5-7-16/h3-7,14-15,19H,8-13H2,1-2H3/t15-/m0/s1. The molecule has 1 aromatic rings. The lowest BCUT2D eigenvalue weighted by molar-refractivity contribution is 0.0853. The fraction of sp³-hybridized carbons (Fsp3) is 0.625. The van der Waals surface area contributed by atoms with Crippen LogP contribution in [0.4, 0.5) is 0 Å². The first-order valence-corrected chi connectivity index (χ1v) is 9.29. The Morgan fingerprint density at radius 2 is 1.91 bits per heavy atom. The van der Waals surface area contributed by atoms with Crippen molar-refractivity contribution in [3.63, 3.8) is 0 Å². The Morgan fingerprint density at radius 3 is 2.50 bits per heavy atom. The fourth-order valence-corrected chi connectivity index (χ4v) is 4.45. The van der Waals surface area contributed by atoms with Crippen LogP contribution in [0.5, 0.6) is 0 Å². The Morgan fingerprint density at radius 1 is 1.23 bits per heavy atom. The van der Waals surface area contributed by atoms with E-state index < -0.39 is 10.0 Å². The average Bonchev–Trinajstić information content (AvgIpc) is 2.49. The summed E-state index contributed by atoms with van der Waals surface area (Å²) < 4.78 is 27.0. The maximum atomic E-state index is 12.7. The second-order valence-corrected chi connectivity index (χ2v) is 8.17. The smallest absolute Gasteiger partial charge is 0.243 e. The van der Waals surface area contributed by atoms with Gasteiger partial charge < -0.3 is 5.11 Å². The zero-order chi connectivity index (χ0) is 16.2. The molecule has 124 valence electrons. The zero-order valence-electron chi connectivity index (χ0n) is 13.4. The van der Waals surface area contributed by atoms with E-state index >= 15 is 0 Å². The Kier molecular flexibility index (Phi) is 5.97. The quantitative estimate of drug-likeness (QED) is 0.858. The van der Waals surface area contributed by atoms with Gasteiger partial charge in [0.05, 0.1) is 4.90 Å². The van der Waals surface area contributed by atoms with E-state index in [1.807, 2.05) is 6.07 Å². The molecule has 0 bridgehead atoms. The molecule has 0 aliphatic carbocycles. The number of rotatable bonds is 6. The van der Waals surface area contributed by atoms with Gasteiger partial charge in [0.25, 0.3) is 0 Å². The Labute approximate surface area is 133 Å². The van der Waals surface area contributed by atoms with Crippen molar-refractivity contribution in [2.45, 2.75) is 31.2 Å². The van der Waals surface area contributed by atoms with Crippen molar-refractivity contribution in [2.24, 2.45) is 5.92 Å². The molecule has 1 atom stereocenters. The molecular weight excluding hydrogens is 300 g/mol. The molecule has 6 heteroatoms.